The Bertz CT molecular complexity index is 297. The zero-order chi connectivity index (χ0) is 8.06. The molecule has 0 amide bonds. The summed E-state index contributed by atoms with van der Waals surface area (Å²) in [6.45, 7) is 0. The smallest absolute Gasteiger partial charge is 0.748 e. The molecule has 0 saturated carbocycles. The van der Waals surface area contributed by atoms with E-state index in [1.807, 2.05) is 0 Å². The molecular weight excluding hydrogens is 191 g/mol. The minimum atomic E-state index is -4.16. The molecule has 2 rings (SSSR count). The van der Waals surface area contributed by atoms with E-state index in [1.54, 1.807) is 12.2 Å². The van der Waals surface area contributed by atoms with Crippen molar-refractivity contribution in [1.82, 2.24) is 0 Å². The molecule has 1 saturated heterocycles. The zero-order valence-corrected chi connectivity index (χ0v) is 9.45. The van der Waals surface area contributed by atoms with E-state index in [9.17, 15) is 13.0 Å². The Kier molecular flexibility index (Phi) is 3.03. The van der Waals surface area contributed by atoms with E-state index in [-0.39, 0.29) is 35.7 Å². The summed E-state index contributed by atoms with van der Waals surface area (Å²) < 4.78 is 36.8. The molecule has 0 aliphatic carbocycles. The molecule has 2 aliphatic heterocycles. The van der Waals surface area contributed by atoms with Crippen molar-refractivity contribution in [3.05, 3.63) is 12.2 Å². The van der Waals surface area contributed by atoms with Crippen LogP contribution in [-0.4, -0.2) is 30.4 Å². The Morgan fingerprint density at radius 2 is 2.08 bits per heavy atom. The van der Waals surface area contributed by atoms with Gasteiger partial charge in [0, 0.05) is 0 Å². The molecule has 3 unspecified atom stereocenters. The van der Waals surface area contributed by atoms with Crippen LogP contribution in [0.15, 0.2) is 12.2 Å². The van der Waals surface area contributed by atoms with Crippen molar-refractivity contribution in [2.75, 3.05) is 0 Å². The number of rotatable bonds is 1. The molecule has 2 heterocycles. The second-order valence-corrected chi connectivity index (χ2v) is 4.38. The summed E-state index contributed by atoms with van der Waals surface area (Å²) in [4.78, 5) is 0. The Balaban J connectivity index is 0.000000720. The van der Waals surface area contributed by atoms with Gasteiger partial charge in [0.15, 0.2) is 0 Å². The standard InChI is InChI=1S/C6H8O4S.Na/c7-11(8,9)6-3-4-1-2-5(6)10-4;/h1-2,4-6H,3H2,(H,7,8,9);/q;+1/p-1. The molecule has 0 N–H and O–H groups in total. The first-order valence-electron chi connectivity index (χ1n) is 3.36. The van der Waals surface area contributed by atoms with Crippen molar-refractivity contribution >= 4 is 10.1 Å². The predicted octanol–water partition coefficient (Wildman–Crippen LogP) is -3.37. The SMILES string of the molecule is O=S(=O)([O-])C1CC2C=CC1O2.[Na+]. The van der Waals surface area contributed by atoms with Gasteiger partial charge in [0.2, 0.25) is 0 Å². The van der Waals surface area contributed by atoms with Crippen LogP contribution in [0.5, 0.6) is 0 Å². The second-order valence-electron chi connectivity index (χ2n) is 2.79. The average Bonchev–Trinajstić information content (AvgIpc) is 2.42. The van der Waals surface area contributed by atoms with Gasteiger partial charge in [-0.1, -0.05) is 12.2 Å². The molecule has 0 radical (unpaired) electrons. The van der Waals surface area contributed by atoms with Crippen LogP contribution in [0, 0.1) is 0 Å². The first-order chi connectivity index (χ1) is 5.07. The van der Waals surface area contributed by atoms with Gasteiger partial charge in [-0.2, -0.15) is 0 Å². The Morgan fingerprint density at radius 1 is 1.42 bits per heavy atom. The van der Waals surface area contributed by atoms with Crippen molar-refractivity contribution in [2.45, 2.75) is 23.9 Å². The third-order valence-electron chi connectivity index (χ3n) is 2.05. The number of fused-ring (bicyclic) bond motifs is 2. The van der Waals surface area contributed by atoms with E-state index in [1.165, 1.54) is 0 Å². The summed E-state index contributed by atoms with van der Waals surface area (Å²) in [5, 5.41) is -0.850. The Labute approximate surface area is 93.0 Å². The van der Waals surface area contributed by atoms with Gasteiger partial charge in [0.1, 0.15) is 10.1 Å². The van der Waals surface area contributed by atoms with Gasteiger partial charge in [-0.15, -0.1) is 0 Å². The Morgan fingerprint density at radius 3 is 2.33 bits per heavy atom. The van der Waals surface area contributed by atoms with Crippen LogP contribution in [-0.2, 0) is 14.9 Å². The summed E-state index contributed by atoms with van der Waals surface area (Å²) >= 11 is 0. The van der Waals surface area contributed by atoms with Crippen molar-refractivity contribution in [1.29, 1.82) is 0 Å². The first kappa shape index (κ1) is 10.7. The normalized spacial score (nSPS) is 38.2. The summed E-state index contributed by atoms with van der Waals surface area (Å²) in [5.74, 6) is 0. The summed E-state index contributed by atoms with van der Waals surface area (Å²) in [7, 11) is -4.16. The molecule has 1 fully saturated rings. The topological polar surface area (TPSA) is 66.4 Å². The molecule has 0 aromatic heterocycles. The van der Waals surface area contributed by atoms with E-state index in [0.717, 1.165) is 0 Å². The monoisotopic (exact) mass is 198 g/mol. The van der Waals surface area contributed by atoms with Crippen LogP contribution in [0.2, 0.25) is 0 Å². The molecule has 2 bridgehead atoms. The van der Waals surface area contributed by atoms with Gasteiger partial charge in [-0.25, -0.2) is 8.42 Å². The third kappa shape index (κ3) is 1.76. The fourth-order valence-corrected chi connectivity index (χ4v) is 2.43. The summed E-state index contributed by atoms with van der Waals surface area (Å²) in [5.41, 5.74) is 0. The second kappa shape index (κ2) is 3.40. The minimum Gasteiger partial charge on any atom is -0.748 e. The van der Waals surface area contributed by atoms with E-state index in [0.29, 0.717) is 6.42 Å². The molecule has 0 spiro atoms. The van der Waals surface area contributed by atoms with Crippen molar-refractivity contribution in [3.63, 3.8) is 0 Å². The van der Waals surface area contributed by atoms with Gasteiger partial charge in [-0.05, 0) is 6.42 Å². The molecule has 6 heteroatoms. The molecule has 12 heavy (non-hydrogen) atoms. The number of ether oxygens (including phenoxy) is 1. The van der Waals surface area contributed by atoms with Gasteiger partial charge < -0.3 is 9.29 Å². The largest absolute Gasteiger partial charge is 1.00 e. The zero-order valence-electron chi connectivity index (χ0n) is 6.64. The molecule has 4 nitrogen and oxygen atoms in total. The van der Waals surface area contributed by atoms with Crippen LogP contribution in [0.25, 0.3) is 0 Å². The van der Waals surface area contributed by atoms with E-state index < -0.39 is 21.5 Å². The van der Waals surface area contributed by atoms with Gasteiger partial charge in [0.05, 0.1) is 17.5 Å². The molecule has 0 aromatic rings. The summed E-state index contributed by atoms with van der Waals surface area (Å²) in [6, 6.07) is 0. The Hall–Kier alpha value is 0.610. The molecule has 3 atom stereocenters. The van der Waals surface area contributed by atoms with Gasteiger partial charge >= 0.3 is 29.6 Å². The third-order valence-corrected chi connectivity index (χ3v) is 3.25. The predicted molar refractivity (Wildman–Crippen MR) is 35.9 cm³/mol. The summed E-state index contributed by atoms with van der Waals surface area (Å²) in [6.07, 6.45) is 3.14. The number of hydrogen-bond donors (Lipinski definition) is 0. The van der Waals surface area contributed by atoms with Gasteiger partial charge in [-0.3, -0.25) is 0 Å². The van der Waals surface area contributed by atoms with Crippen molar-refractivity contribution < 1.29 is 47.3 Å². The van der Waals surface area contributed by atoms with Gasteiger partial charge in [0.25, 0.3) is 0 Å². The number of hydrogen-bond acceptors (Lipinski definition) is 4. The maximum absolute atomic E-state index is 10.6. The van der Waals surface area contributed by atoms with Crippen LogP contribution in [0.4, 0.5) is 0 Å². The quantitative estimate of drug-likeness (QED) is 0.250. The van der Waals surface area contributed by atoms with E-state index in [2.05, 4.69) is 0 Å². The van der Waals surface area contributed by atoms with Crippen molar-refractivity contribution in [3.8, 4) is 0 Å². The van der Waals surface area contributed by atoms with Crippen LogP contribution in [0.3, 0.4) is 0 Å². The fraction of sp³-hybridized carbons (Fsp3) is 0.667. The van der Waals surface area contributed by atoms with E-state index >= 15 is 0 Å². The molecule has 0 aromatic carbocycles. The first-order valence-corrected chi connectivity index (χ1v) is 4.83. The maximum atomic E-state index is 10.6. The van der Waals surface area contributed by atoms with Crippen LogP contribution >= 0.6 is 0 Å². The van der Waals surface area contributed by atoms with Crippen LogP contribution < -0.4 is 29.6 Å². The van der Waals surface area contributed by atoms with Crippen LogP contribution in [0.1, 0.15) is 6.42 Å². The molecule has 62 valence electrons. The average molecular weight is 198 g/mol. The minimum absolute atomic E-state index is 0. The molecular formula is C6H7NaO4S. The van der Waals surface area contributed by atoms with E-state index in [4.69, 9.17) is 4.74 Å². The molecule has 2 aliphatic rings. The fourth-order valence-electron chi connectivity index (χ4n) is 1.52. The maximum Gasteiger partial charge on any atom is 1.00 e. The van der Waals surface area contributed by atoms with Crippen molar-refractivity contribution in [2.24, 2.45) is 0 Å².